The molecule has 1 saturated heterocycles. The van der Waals surface area contributed by atoms with Crippen LogP contribution in [0.3, 0.4) is 0 Å². The molecule has 1 aromatic rings. The summed E-state index contributed by atoms with van der Waals surface area (Å²) >= 11 is 3.00. The van der Waals surface area contributed by atoms with Crippen LogP contribution in [0.5, 0.6) is 0 Å². The molecule has 0 saturated carbocycles. The van der Waals surface area contributed by atoms with Gasteiger partial charge in [-0.15, -0.1) is 0 Å². The summed E-state index contributed by atoms with van der Waals surface area (Å²) in [7, 11) is -3.14. The molecule has 2 rings (SSSR count). The topological polar surface area (TPSA) is 66.4 Å². The minimum atomic E-state index is -3.14. The van der Waals surface area contributed by atoms with Crippen molar-refractivity contribution in [3.8, 4) is 0 Å². The quantitative estimate of drug-likeness (QED) is 0.748. The van der Waals surface area contributed by atoms with Crippen LogP contribution in [0.1, 0.15) is 0 Å². The van der Waals surface area contributed by atoms with E-state index in [0.29, 0.717) is 32.1 Å². The van der Waals surface area contributed by atoms with Crippen molar-refractivity contribution in [1.29, 1.82) is 0 Å². The molecule has 0 spiro atoms. The Morgan fingerprint density at radius 2 is 1.76 bits per heavy atom. The normalized spacial score (nSPS) is 18.3. The molecule has 1 aliphatic heterocycles. The summed E-state index contributed by atoms with van der Waals surface area (Å²) < 4.78 is 24.7. The van der Waals surface area contributed by atoms with E-state index in [9.17, 15) is 8.42 Å². The van der Waals surface area contributed by atoms with Crippen LogP contribution in [-0.2, 0) is 10.0 Å². The molecule has 0 unspecified atom stereocenters. The molecule has 1 fully saturated rings. The molecule has 2 heterocycles. The van der Waals surface area contributed by atoms with Crippen LogP contribution in [0.4, 0.5) is 5.95 Å². The number of hydrogen-bond donors (Lipinski definition) is 0. The van der Waals surface area contributed by atoms with Gasteiger partial charge in [0, 0.05) is 38.6 Å². The molecular formula is C9H13BrN4O2S. The third kappa shape index (κ3) is 2.93. The lowest BCUT2D eigenvalue weighted by Gasteiger charge is -2.33. The molecular weight excluding hydrogens is 308 g/mol. The first-order valence-corrected chi connectivity index (χ1v) is 7.92. The second-order valence-electron chi connectivity index (χ2n) is 3.66. The van der Waals surface area contributed by atoms with E-state index in [1.54, 1.807) is 18.5 Å². The van der Waals surface area contributed by atoms with Gasteiger partial charge in [0.15, 0.2) is 0 Å². The predicted molar refractivity (Wildman–Crippen MR) is 68.5 cm³/mol. The first-order valence-electron chi connectivity index (χ1n) is 5.19. The van der Waals surface area contributed by atoms with E-state index in [-0.39, 0.29) is 4.66 Å². The van der Waals surface area contributed by atoms with Crippen LogP contribution < -0.4 is 4.90 Å². The van der Waals surface area contributed by atoms with Crippen molar-refractivity contribution in [3.05, 3.63) is 18.5 Å². The van der Waals surface area contributed by atoms with Crippen LogP contribution in [0.2, 0.25) is 0 Å². The highest BCUT2D eigenvalue weighted by Gasteiger charge is 2.26. The van der Waals surface area contributed by atoms with Gasteiger partial charge in [-0.25, -0.2) is 18.4 Å². The van der Waals surface area contributed by atoms with E-state index in [4.69, 9.17) is 0 Å². The fraction of sp³-hybridized carbons (Fsp3) is 0.556. The average Bonchev–Trinajstić information content (AvgIpc) is 2.40. The highest BCUT2D eigenvalue weighted by Crippen LogP contribution is 2.13. The van der Waals surface area contributed by atoms with Gasteiger partial charge in [0.1, 0.15) is 4.66 Å². The zero-order valence-electron chi connectivity index (χ0n) is 9.16. The molecule has 17 heavy (non-hydrogen) atoms. The molecule has 6 nitrogen and oxygen atoms in total. The highest BCUT2D eigenvalue weighted by atomic mass is 79.9. The zero-order valence-corrected chi connectivity index (χ0v) is 11.6. The summed E-state index contributed by atoms with van der Waals surface area (Å²) in [4.78, 5) is 10.3. The maximum absolute atomic E-state index is 11.6. The number of halogens is 1. The van der Waals surface area contributed by atoms with Crippen molar-refractivity contribution in [2.24, 2.45) is 0 Å². The summed E-state index contributed by atoms with van der Waals surface area (Å²) in [5.74, 6) is 0.656. The molecule has 0 amide bonds. The monoisotopic (exact) mass is 320 g/mol. The summed E-state index contributed by atoms with van der Waals surface area (Å²) in [6.45, 7) is 2.20. The number of alkyl halides is 1. The van der Waals surface area contributed by atoms with Crippen molar-refractivity contribution >= 4 is 31.9 Å². The molecule has 94 valence electrons. The van der Waals surface area contributed by atoms with Gasteiger partial charge in [0.2, 0.25) is 16.0 Å². The van der Waals surface area contributed by atoms with Crippen LogP contribution in [0.25, 0.3) is 0 Å². The molecule has 8 heteroatoms. The van der Waals surface area contributed by atoms with Gasteiger partial charge >= 0.3 is 0 Å². The molecule has 0 aromatic carbocycles. The largest absolute Gasteiger partial charge is 0.338 e. The summed E-state index contributed by atoms with van der Waals surface area (Å²) in [5.41, 5.74) is 0. The van der Waals surface area contributed by atoms with Gasteiger partial charge in [0.25, 0.3) is 0 Å². The number of sulfonamides is 1. The minimum Gasteiger partial charge on any atom is -0.338 e. The fourth-order valence-electron chi connectivity index (χ4n) is 1.69. The van der Waals surface area contributed by atoms with E-state index in [1.165, 1.54) is 4.31 Å². The molecule has 0 aliphatic carbocycles. The van der Waals surface area contributed by atoms with Gasteiger partial charge in [-0.2, -0.15) is 4.31 Å². The van der Waals surface area contributed by atoms with Gasteiger partial charge < -0.3 is 4.90 Å². The van der Waals surface area contributed by atoms with Crippen molar-refractivity contribution < 1.29 is 8.42 Å². The third-order valence-corrected chi connectivity index (χ3v) is 5.77. The first kappa shape index (κ1) is 12.7. The molecule has 0 N–H and O–H groups in total. The van der Waals surface area contributed by atoms with E-state index >= 15 is 0 Å². The molecule has 0 atom stereocenters. The lowest BCUT2D eigenvalue weighted by molar-refractivity contribution is 0.385. The Bertz CT molecular complexity index is 459. The van der Waals surface area contributed by atoms with Crippen molar-refractivity contribution in [2.75, 3.05) is 35.7 Å². The number of rotatable bonds is 3. The van der Waals surface area contributed by atoms with Gasteiger partial charge in [0.05, 0.1) is 0 Å². The van der Waals surface area contributed by atoms with Crippen LogP contribution in [0, 0.1) is 0 Å². The Morgan fingerprint density at radius 3 is 2.29 bits per heavy atom. The first-order chi connectivity index (χ1) is 8.13. The Hall–Kier alpha value is -0.730. The van der Waals surface area contributed by atoms with E-state index < -0.39 is 10.0 Å². The summed E-state index contributed by atoms with van der Waals surface area (Å²) in [6, 6.07) is 1.76. The maximum Gasteiger partial charge on any atom is 0.225 e. The fourth-order valence-corrected chi connectivity index (χ4v) is 3.42. The average molecular weight is 321 g/mol. The van der Waals surface area contributed by atoms with Crippen LogP contribution in [0.15, 0.2) is 18.5 Å². The van der Waals surface area contributed by atoms with Crippen LogP contribution in [-0.4, -0.2) is 53.5 Å². The number of hydrogen-bond acceptors (Lipinski definition) is 5. The van der Waals surface area contributed by atoms with Gasteiger partial charge in [-0.05, 0) is 6.07 Å². The van der Waals surface area contributed by atoms with Crippen molar-refractivity contribution in [3.63, 3.8) is 0 Å². The molecule has 1 aliphatic rings. The molecule has 0 radical (unpaired) electrons. The lowest BCUT2D eigenvalue weighted by atomic mass is 10.4. The van der Waals surface area contributed by atoms with Crippen molar-refractivity contribution in [2.45, 2.75) is 0 Å². The summed E-state index contributed by atoms with van der Waals surface area (Å²) in [6.07, 6.45) is 3.37. The number of aromatic nitrogens is 2. The van der Waals surface area contributed by atoms with E-state index in [0.717, 1.165) is 0 Å². The molecule has 1 aromatic heterocycles. The van der Waals surface area contributed by atoms with Crippen LogP contribution >= 0.6 is 15.9 Å². The predicted octanol–water partition coefficient (Wildman–Crippen LogP) is 0.281. The lowest BCUT2D eigenvalue weighted by Crippen LogP contribution is -2.49. The Kier molecular flexibility index (Phi) is 3.95. The number of nitrogens with zero attached hydrogens (tertiary/aromatic N) is 4. The smallest absolute Gasteiger partial charge is 0.225 e. The Balaban J connectivity index is 2.00. The zero-order chi connectivity index (χ0) is 12.3. The number of anilines is 1. The Labute approximate surface area is 109 Å². The number of piperazine rings is 1. The van der Waals surface area contributed by atoms with Gasteiger partial charge in [-0.1, -0.05) is 15.9 Å². The van der Waals surface area contributed by atoms with E-state index in [2.05, 4.69) is 25.9 Å². The second kappa shape index (κ2) is 5.28. The van der Waals surface area contributed by atoms with E-state index in [1.807, 2.05) is 4.90 Å². The Morgan fingerprint density at radius 1 is 1.18 bits per heavy atom. The van der Waals surface area contributed by atoms with Crippen molar-refractivity contribution in [1.82, 2.24) is 14.3 Å². The minimum absolute atomic E-state index is 0.0260. The standard InChI is InChI=1S/C9H13BrN4O2S/c10-8-17(15,16)14-6-4-13(5-7-14)9-11-2-1-3-12-9/h1-3H,4-8H2. The highest BCUT2D eigenvalue weighted by molar-refractivity contribution is 9.10. The summed E-state index contributed by atoms with van der Waals surface area (Å²) in [5, 5.41) is 0. The molecule has 0 bridgehead atoms. The maximum atomic E-state index is 11.6. The van der Waals surface area contributed by atoms with Gasteiger partial charge in [-0.3, -0.25) is 0 Å². The third-order valence-electron chi connectivity index (χ3n) is 2.60. The SMILES string of the molecule is O=S(=O)(CBr)N1CCN(c2ncccn2)CC1. The second-order valence-corrected chi connectivity index (χ2v) is 6.93.